The molecule has 2 nitrogen and oxygen atoms in total. The van der Waals surface area contributed by atoms with Crippen LogP contribution in [0.15, 0.2) is 0 Å². The van der Waals surface area contributed by atoms with Gasteiger partial charge in [0.1, 0.15) is 0 Å². The Bertz CT molecular complexity index is 227. The molecule has 100 valence electrons. The van der Waals surface area contributed by atoms with Gasteiger partial charge in [-0.3, -0.25) is 0 Å². The molecule has 1 heterocycles. The van der Waals surface area contributed by atoms with Gasteiger partial charge in [0.25, 0.3) is 0 Å². The number of ether oxygens (including phenoxy) is 1. The average Bonchev–Trinajstić information content (AvgIpc) is 3.08. The molecule has 0 aromatic heterocycles. The first kappa shape index (κ1) is 13.4. The van der Waals surface area contributed by atoms with E-state index in [9.17, 15) is 0 Å². The predicted octanol–water partition coefficient (Wildman–Crippen LogP) is 3.63. The van der Waals surface area contributed by atoms with Gasteiger partial charge in [0.15, 0.2) is 0 Å². The van der Waals surface area contributed by atoms with Crippen LogP contribution < -0.4 is 5.73 Å². The third-order valence-electron chi connectivity index (χ3n) is 4.48. The molecule has 0 spiro atoms. The van der Waals surface area contributed by atoms with E-state index in [-0.39, 0.29) is 5.54 Å². The van der Waals surface area contributed by atoms with Gasteiger partial charge < -0.3 is 10.5 Å². The molecule has 0 amide bonds. The lowest BCUT2D eigenvalue weighted by atomic mass is 9.84. The van der Waals surface area contributed by atoms with Crippen LogP contribution in [0.25, 0.3) is 0 Å². The molecule has 2 fully saturated rings. The number of rotatable bonds is 8. The Balaban J connectivity index is 1.63. The molecule has 1 saturated heterocycles. The molecule has 2 N–H and O–H groups in total. The van der Waals surface area contributed by atoms with Gasteiger partial charge in [-0.2, -0.15) is 0 Å². The van der Waals surface area contributed by atoms with Crippen molar-refractivity contribution in [1.82, 2.24) is 0 Å². The first-order chi connectivity index (χ1) is 8.26. The van der Waals surface area contributed by atoms with E-state index in [1.54, 1.807) is 0 Å². The first-order valence-electron chi connectivity index (χ1n) is 7.67. The van der Waals surface area contributed by atoms with E-state index in [1.165, 1.54) is 57.8 Å². The van der Waals surface area contributed by atoms with E-state index in [0.717, 1.165) is 18.9 Å². The molecule has 0 aromatic rings. The molecule has 2 heteroatoms. The van der Waals surface area contributed by atoms with Crippen molar-refractivity contribution in [3.05, 3.63) is 0 Å². The Kier molecular flexibility index (Phi) is 4.87. The maximum absolute atomic E-state index is 6.56. The number of unbranched alkanes of at least 4 members (excludes halogenated alkanes) is 5. The van der Waals surface area contributed by atoms with Crippen LogP contribution in [0.2, 0.25) is 0 Å². The normalized spacial score (nSPS) is 33.2. The van der Waals surface area contributed by atoms with Gasteiger partial charge in [0.05, 0.1) is 6.10 Å². The zero-order valence-corrected chi connectivity index (χ0v) is 11.4. The summed E-state index contributed by atoms with van der Waals surface area (Å²) in [4.78, 5) is 0. The molecule has 1 saturated carbocycles. The standard InChI is InChI=1S/C15H29NO/c1-2-3-4-5-6-7-10-15(16)11-12-17-14(15)13-8-9-13/h13-14H,2-12,16H2,1H3. The second-order valence-electron chi connectivity index (χ2n) is 6.13. The van der Waals surface area contributed by atoms with Crippen LogP contribution in [-0.2, 0) is 4.74 Å². The first-order valence-corrected chi connectivity index (χ1v) is 7.67. The van der Waals surface area contributed by atoms with Gasteiger partial charge in [-0.1, -0.05) is 45.4 Å². The number of hydrogen-bond acceptors (Lipinski definition) is 2. The summed E-state index contributed by atoms with van der Waals surface area (Å²) in [7, 11) is 0. The van der Waals surface area contributed by atoms with Crippen LogP contribution >= 0.6 is 0 Å². The van der Waals surface area contributed by atoms with Crippen LogP contribution in [0.5, 0.6) is 0 Å². The van der Waals surface area contributed by atoms with Gasteiger partial charge in [0, 0.05) is 12.1 Å². The van der Waals surface area contributed by atoms with Crippen molar-refractivity contribution in [2.45, 2.75) is 82.8 Å². The van der Waals surface area contributed by atoms with Crippen LogP contribution in [0, 0.1) is 5.92 Å². The largest absolute Gasteiger partial charge is 0.376 e. The molecule has 2 aliphatic rings. The highest BCUT2D eigenvalue weighted by atomic mass is 16.5. The predicted molar refractivity (Wildman–Crippen MR) is 72.0 cm³/mol. The molecular formula is C15H29NO. The fourth-order valence-electron chi connectivity index (χ4n) is 3.19. The Labute approximate surface area is 106 Å². The molecule has 2 rings (SSSR count). The van der Waals surface area contributed by atoms with Crippen molar-refractivity contribution < 1.29 is 4.74 Å². The quantitative estimate of drug-likeness (QED) is 0.656. The topological polar surface area (TPSA) is 35.2 Å². The second kappa shape index (κ2) is 6.19. The summed E-state index contributed by atoms with van der Waals surface area (Å²) in [6.07, 6.45) is 13.5. The van der Waals surface area contributed by atoms with E-state index < -0.39 is 0 Å². The molecule has 0 aromatic carbocycles. The van der Waals surface area contributed by atoms with Gasteiger partial charge in [-0.25, -0.2) is 0 Å². The summed E-state index contributed by atoms with van der Waals surface area (Å²) in [6, 6.07) is 0. The second-order valence-corrected chi connectivity index (χ2v) is 6.13. The van der Waals surface area contributed by atoms with E-state index in [1.807, 2.05) is 0 Å². The molecule has 2 unspecified atom stereocenters. The lowest BCUT2D eigenvalue weighted by molar-refractivity contribution is 0.0594. The summed E-state index contributed by atoms with van der Waals surface area (Å²) in [6.45, 7) is 3.17. The maximum atomic E-state index is 6.56. The molecule has 0 radical (unpaired) electrons. The molecule has 1 aliphatic heterocycles. The van der Waals surface area contributed by atoms with Gasteiger partial charge in [-0.05, 0) is 31.6 Å². The summed E-state index contributed by atoms with van der Waals surface area (Å²) in [5.74, 6) is 0.794. The minimum absolute atomic E-state index is 0.0198. The molecule has 2 atom stereocenters. The SMILES string of the molecule is CCCCCCCCC1(N)CCOC1C1CC1. The van der Waals surface area contributed by atoms with Crippen molar-refractivity contribution >= 4 is 0 Å². The number of hydrogen-bond donors (Lipinski definition) is 1. The third kappa shape index (κ3) is 3.69. The minimum Gasteiger partial charge on any atom is -0.376 e. The fraction of sp³-hybridized carbons (Fsp3) is 1.00. The lowest BCUT2D eigenvalue weighted by Crippen LogP contribution is -2.48. The van der Waals surface area contributed by atoms with Crippen LogP contribution in [0.1, 0.15) is 71.1 Å². The summed E-state index contributed by atoms with van der Waals surface area (Å²) in [5, 5.41) is 0. The molecule has 17 heavy (non-hydrogen) atoms. The van der Waals surface area contributed by atoms with E-state index >= 15 is 0 Å². The lowest BCUT2D eigenvalue weighted by Gasteiger charge is -2.30. The summed E-state index contributed by atoms with van der Waals surface area (Å²) >= 11 is 0. The van der Waals surface area contributed by atoms with E-state index in [2.05, 4.69) is 6.92 Å². The van der Waals surface area contributed by atoms with Crippen molar-refractivity contribution in [2.24, 2.45) is 11.7 Å². The monoisotopic (exact) mass is 239 g/mol. The van der Waals surface area contributed by atoms with Crippen molar-refractivity contribution in [3.8, 4) is 0 Å². The van der Waals surface area contributed by atoms with E-state index in [4.69, 9.17) is 10.5 Å². The zero-order chi connectivity index (χ0) is 12.1. The Morgan fingerprint density at radius 2 is 1.82 bits per heavy atom. The smallest absolute Gasteiger partial charge is 0.0783 e. The third-order valence-corrected chi connectivity index (χ3v) is 4.48. The molecule has 0 bridgehead atoms. The highest BCUT2D eigenvalue weighted by Crippen LogP contribution is 2.44. The highest BCUT2D eigenvalue weighted by molar-refractivity contribution is 5.03. The van der Waals surface area contributed by atoms with Gasteiger partial charge >= 0.3 is 0 Å². The Morgan fingerprint density at radius 1 is 1.12 bits per heavy atom. The number of nitrogens with two attached hydrogens (primary N) is 1. The summed E-state index contributed by atoms with van der Waals surface area (Å²) < 4.78 is 5.86. The zero-order valence-electron chi connectivity index (χ0n) is 11.4. The Morgan fingerprint density at radius 3 is 2.53 bits per heavy atom. The minimum atomic E-state index is 0.0198. The fourth-order valence-corrected chi connectivity index (χ4v) is 3.19. The summed E-state index contributed by atoms with van der Waals surface area (Å²) in [5.41, 5.74) is 6.58. The molecule has 1 aliphatic carbocycles. The average molecular weight is 239 g/mol. The maximum Gasteiger partial charge on any atom is 0.0783 e. The van der Waals surface area contributed by atoms with Gasteiger partial charge in [-0.15, -0.1) is 0 Å². The Hall–Kier alpha value is -0.0800. The van der Waals surface area contributed by atoms with Crippen LogP contribution in [0.4, 0.5) is 0 Å². The van der Waals surface area contributed by atoms with Crippen LogP contribution in [-0.4, -0.2) is 18.2 Å². The van der Waals surface area contributed by atoms with E-state index in [0.29, 0.717) is 6.10 Å². The van der Waals surface area contributed by atoms with Crippen molar-refractivity contribution in [3.63, 3.8) is 0 Å². The highest BCUT2D eigenvalue weighted by Gasteiger charge is 2.48. The van der Waals surface area contributed by atoms with Crippen LogP contribution in [0.3, 0.4) is 0 Å². The van der Waals surface area contributed by atoms with Crippen molar-refractivity contribution in [1.29, 1.82) is 0 Å². The van der Waals surface area contributed by atoms with Gasteiger partial charge in [0.2, 0.25) is 0 Å². The van der Waals surface area contributed by atoms with Crippen molar-refractivity contribution in [2.75, 3.05) is 6.61 Å². The molecular weight excluding hydrogens is 210 g/mol.